The van der Waals surface area contributed by atoms with Crippen molar-refractivity contribution in [1.29, 1.82) is 0 Å². The predicted molar refractivity (Wildman–Crippen MR) is 113 cm³/mol. The molecule has 136 valence electrons. The molecule has 0 aromatic heterocycles. The lowest BCUT2D eigenvalue weighted by molar-refractivity contribution is 0.149. The van der Waals surface area contributed by atoms with Crippen LogP contribution in [0.25, 0.3) is 0 Å². The van der Waals surface area contributed by atoms with Gasteiger partial charge in [-0.05, 0) is 17.2 Å². The van der Waals surface area contributed by atoms with E-state index >= 15 is 0 Å². The Morgan fingerprint density at radius 2 is 1.60 bits per heavy atom. The predicted octanol–water partition coefficient (Wildman–Crippen LogP) is 7.13. The van der Waals surface area contributed by atoms with Crippen LogP contribution in [0.4, 0.5) is 0 Å². The molecule has 2 aliphatic heterocycles. The van der Waals surface area contributed by atoms with Gasteiger partial charge in [0.25, 0.3) is 6.92 Å². The van der Waals surface area contributed by atoms with Crippen LogP contribution in [0.2, 0.25) is 36.3 Å². The van der Waals surface area contributed by atoms with Crippen LogP contribution in [-0.2, 0) is 4.65 Å². The molecule has 2 aliphatic rings. The van der Waals surface area contributed by atoms with Gasteiger partial charge in [-0.25, -0.2) is 0 Å². The first-order chi connectivity index (χ1) is 11.9. The molecule has 3 heteroatoms. The lowest BCUT2D eigenvalue weighted by Gasteiger charge is -2.49. The molecule has 0 amide bonds. The SMILES string of the molecule is C=CC(C)(C(OB1C2CCCC1CCC2)c1ccccc1)[Si](C)(C)C. The minimum atomic E-state index is -1.52. The topological polar surface area (TPSA) is 9.23 Å². The zero-order chi connectivity index (χ0) is 18.1. The Bertz CT molecular complexity index is 559. The minimum Gasteiger partial charge on any atom is -0.428 e. The van der Waals surface area contributed by atoms with E-state index < -0.39 is 8.07 Å². The Morgan fingerprint density at radius 3 is 2.04 bits per heavy atom. The van der Waals surface area contributed by atoms with Crippen LogP contribution in [0.1, 0.15) is 57.1 Å². The zero-order valence-corrected chi connectivity index (χ0v) is 17.6. The zero-order valence-electron chi connectivity index (χ0n) is 16.6. The summed E-state index contributed by atoms with van der Waals surface area (Å²) in [4.78, 5) is 0. The van der Waals surface area contributed by atoms with Gasteiger partial charge < -0.3 is 4.65 Å². The van der Waals surface area contributed by atoms with Gasteiger partial charge in [0, 0.05) is 5.04 Å². The molecule has 0 saturated carbocycles. The largest absolute Gasteiger partial charge is 0.428 e. The molecule has 2 bridgehead atoms. The highest BCUT2D eigenvalue weighted by Gasteiger charge is 2.49. The van der Waals surface area contributed by atoms with Gasteiger partial charge in [-0.15, -0.1) is 6.58 Å². The first-order valence-corrected chi connectivity index (χ1v) is 13.7. The summed E-state index contributed by atoms with van der Waals surface area (Å²) in [6.45, 7) is 14.5. The highest BCUT2D eigenvalue weighted by atomic mass is 28.3. The van der Waals surface area contributed by atoms with Crippen molar-refractivity contribution in [2.24, 2.45) is 0 Å². The van der Waals surface area contributed by atoms with Crippen molar-refractivity contribution < 1.29 is 4.65 Å². The lowest BCUT2D eigenvalue weighted by atomic mass is 9.37. The van der Waals surface area contributed by atoms with Crippen LogP contribution in [0.15, 0.2) is 43.0 Å². The monoisotopic (exact) mass is 354 g/mol. The fourth-order valence-corrected chi connectivity index (χ4v) is 6.63. The van der Waals surface area contributed by atoms with Gasteiger partial charge in [-0.3, -0.25) is 0 Å². The van der Waals surface area contributed by atoms with Crippen molar-refractivity contribution in [3.8, 4) is 0 Å². The van der Waals surface area contributed by atoms with E-state index in [2.05, 4.69) is 69.6 Å². The summed E-state index contributed by atoms with van der Waals surface area (Å²) >= 11 is 0. The van der Waals surface area contributed by atoms with E-state index in [1.165, 1.54) is 44.1 Å². The smallest absolute Gasteiger partial charge is 0.300 e. The minimum absolute atomic E-state index is 0.0279. The van der Waals surface area contributed by atoms with E-state index in [1.807, 2.05) is 0 Å². The number of rotatable bonds is 6. The molecule has 2 saturated heterocycles. The first-order valence-electron chi connectivity index (χ1n) is 10.2. The summed E-state index contributed by atoms with van der Waals surface area (Å²) in [5, 5.41) is 0.0279. The van der Waals surface area contributed by atoms with E-state index in [-0.39, 0.29) is 11.1 Å². The standard InChI is InChI=1S/C22H35BOSi/c1-6-22(2,25(3,4)5)21(18-12-8-7-9-13-18)24-23-19-14-10-15-20(23)17-11-16-19/h6-9,12-13,19-21H,1,10-11,14-17H2,2-5H3. The molecule has 1 aromatic carbocycles. The van der Waals surface area contributed by atoms with E-state index in [0.29, 0.717) is 6.92 Å². The first kappa shape index (κ1) is 19.0. The van der Waals surface area contributed by atoms with Gasteiger partial charge in [0.2, 0.25) is 0 Å². The van der Waals surface area contributed by atoms with Crippen molar-refractivity contribution in [1.82, 2.24) is 0 Å². The molecule has 25 heavy (non-hydrogen) atoms. The maximum atomic E-state index is 7.09. The normalized spacial score (nSPS) is 27.4. The van der Waals surface area contributed by atoms with Crippen molar-refractivity contribution in [3.05, 3.63) is 48.6 Å². The van der Waals surface area contributed by atoms with Crippen LogP contribution in [0, 0.1) is 0 Å². The van der Waals surface area contributed by atoms with Crippen LogP contribution in [0.5, 0.6) is 0 Å². The van der Waals surface area contributed by atoms with Gasteiger partial charge >= 0.3 is 0 Å². The van der Waals surface area contributed by atoms with Crippen LogP contribution in [-0.4, -0.2) is 15.0 Å². The van der Waals surface area contributed by atoms with Crippen LogP contribution >= 0.6 is 0 Å². The molecule has 0 aliphatic carbocycles. The number of hydrogen-bond acceptors (Lipinski definition) is 1. The molecule has 3 rings (SSSR count). The van der Waals surface area contributed by atoms with Gasteiger partial charge in [0.05, 0.1) is 14.2 Å². The highest BCUT2D eigenvalue weighted by molar-refractivity contribution is 6.79. The van der Waals surface area contributed by atoms with Gasteiger partial charge in [-0.2, -0.15) is 0 Å². The van der Waals surface area contributed by atoms with Gasteiger partial charge in [0.1, 0.15) is 0 Å². The fraction of sp³-hybridized carbons (Fsp3) is 0.636. The van der Waals surface area contributed by atoms with Gasteiger partial charge in [0.15, 0.2) is 0 Å². The highest BCUT2D eigenvalue weighted by Crippen LogP contribution is 2.55. The Hall–Kier alpha value is -0.798. The molecular formula is C22H35BOSi. The number of benzene rings is 1. The molecule has 0 spiro atoms. The molecule has 2 heterocycles. The Morgan fingerprint density at radius 1 is 1.08 bits per heavy atom. The third-order valence-corrected chi connectivity index (χ3v) is 10.9. The Balaban J connectivity index is 1.96. The average Bonchev–Trinajstić information content (AvgIpc) is 2.58. The lowest BCUT2D eigenvalue weighted by Crippen LogP contribution is -2.46. The number of hydrogen-bond donors (Lipinski definition) is 0. The maximum Gasteiger partial charge on any atom is 0.300 e. The molecular weight excluding hydrogens is 319 g/mol. The summed E-state index contributed by atoms with van der Waals surface area (Å²) in [6, 6.07) is 10.9. The molecule has 1 nitrogen and oxygen atoms in total. The second-order valence-electron chi connectivity index (χ2n) is 9.51. The second kappa shape index (κ2) is 7.44. The average molecular weight is 354 g/mol. The summed E-state index contributed by atoms with van der Waals surface area (Å²) < 4.78 is 7.09. The van der Waals surface area contributed by atoms with Crippen molar-refractivity contribution >= 4 is 15.0 Å². The fourth-order valence-electron chi connectivity index (χ4n) is 4.99. The maximum absolute atomic E-state index is 7.09. The molecule has 2 unspecified atom stereocenters. The van der Waals surface area contributed by atoms with Gasteiger partial charge in [-0.1, -0.05) is 101 Å². The Kier molecular flexibility index (Phi) is 5.65. The molecule has 0 radical (unpaired) electrons. The van der Waals surface area contributed by atoms with E-state index in [1.54, 1.807) is 0 Å². The van der Waals surface area contributed by atoms with Crippen molar-refractivity contribution in [2.75, 3.05) is 0 Å². The molecule has 1 aromatic rings. The summed E-state index contributed by atoms with van der Waals surface area (Å²) in [5.41, 5.74) is 1.33. The third-order valence-electron chi connectivity index (χ3n) is 7.21. The third kappa shape index (κ3) is 3.68. The van der Waals surface area contributed by atoms with E-state index in [9.17, 15) is 0 Å². The van der Waals surface area contributed by atoms with E-state index in [4.69, 9.17) is 4.65 Å². The Labute approximate surface area is 156 Å². The van der Waals surface area contributed by atoms with Crippen LogP contribution in [0.3, 0.4) is 0 Å². The number of fused-ring (bicyclic) bond motifs is 2. The molecule has 0 N–H and O–H groups in total. The summed E-state index contributed by atoms with van der Waals surface area (Å²) in [6.07, 6.45) is 10.6. The van der Waals surface area contributed by atoms with Crippen molar-refractivity contribution in [3.63, 3.8) is 0 Å². The van der Waals surface area contributed by atoms with Crippen molar-refractivity contribution in [2.45, 2.75) is 87.9 Å². The van der Waals surface area contributed by atoms with Crippen LogP contribution < -0.4 is 0 Å². The quantitative estimate of drug-likeness (QED) is 0.390. The van der Waals surface area contributed by atoms with E-state index in [0.717, 1.165) is 11.6 Å². The molecule has 2 atom stereocenters. The summed E-state index contributed by atoms with van der Waals surface area (Å²) in [5.74, 6) is 1.55. The second-order valence-corrected chi connectivity index (χ2v) is 15.1. The summed E-state index contributed by atoms with van der Waals surface area (Å²) in [7, 11) is -1.52. The molecule has 2 fully saturated rings.